The maximum atomic E-state index is 6.44. The van der Waals surface area contributed by atoms with Crippen LogP contribution in [-0.4, -0.2) is 13.2 Å². The van der Waals surface area contributed by atoms with E-state index in [1.54, 1.807) is 0 Å². The second-order valence-electron chi connectivity index (χ2n) is 4.89. The number of alkyl halides is 1. The molecule has 1 heterocycles. The van der Waals surface area contributed by atoms with Crippen molar-refractivity contribution in [2.24, 2.45) is 0 Å². The topological polar surface area (TPSA) is 18.5 Å². The first kappa shape index (κ1) is 13.3. The zero-order chi connectivity index (χ0) is 13.8. The number of fused-ring (bicyclic) bond motifs is 1. The summed E-state index contributed by atoms with van der Waals surface area (Å²) in [5.41, 5.74) is 2.41. The third-order valence-corrected chi connectivity index (χ3v) is 3.92. The van der Waals surface area contributed by atoms with Gasteiger partial charge in [-0.15, -0.1) is 11.6 Å². The van der Waals surface area contributed by atoms with Crippen LogP contribution in [-0.2, 0) is 6.42 Å². The number of rotatable bonds is 4. The molecule has 0 spiro atoms. The molecule has 0 saturated heterocycles. The van der Waals surface area contributed by atoms with Crippen LogP contribution in [0.25, 0.3) is 0 Å². The third kappa shape index (κ3) is 3.07. The Hall–Kier alpha value is -1.67. The van der Waals surface area contributed by atoms with Gasteiger partial charge in [-0.25, -0.2) is 0 Å². The lowest BCUT2D eigenvalue weighted by molar-refractivity contribution is 0.171. The Balaban J connectivity index is 1.64. The zero-order valence-electron chi connectivity index (χ0n) is 11.2. The number of hydrogen-bond donors (Lipinski definition) is 0. The molecule has 0 fully saturated rings. The second kappa shape index (κ2) is 6.19. The molecule has 104 valence electrons. The maximum Gasteiger partial charge on any atom is 0.161 e. The Labute approximate surface area is 124 Å². The predicted octanol–water partition coefficient (Wildman–Crippen LogP) is 4.37. The Bertz CT molecular complexity index is 568. The second-order valence-corrected chi connectivity index (χ2v) is 5.42. The molecular weight excluding hydrogens is 272 g/mol. The minimum absolute atomic E-state index is 0.0457. The monoisotopic (exact) mass is 288 g/mol. The van der Waals surface area contributed by atoms with E-state index in [2.05, 4.69) is 24.3 Å². The average molecular weight is 289 g/mol. The average Bonchev–Trinajstić information content (AvgIpc) is 2.53. The van der Waals surface area contributed by atoms with E-state index in [0.29, 0.717) is 13.2 Å². The van der Waals surface area contributed by atoms with Gasteiger partial charge in [-0.3, -0.25) is 0 Å². The molecule has 3 rings (SSSR count). The summed E-state index contributed by atoms with van der Waals surface area (Å²) in [6, 6.07) is 16.3. The van der Waals surface area contributed by atoms with Gasteiger partial charge in [-0.2, -0.15) is 0 Å². The quantitative estimate of drug-likeness (QED) is 0.778. The molecule has 2 nitrogen and oxygen atoms in total. The lowest BCUT2D eigenvalue weighted by atomic mass is 10.0. The van der Waals surface area contributed by atoms with Gasteiger partial charge in [0.05, 0.1) is 5.38 Å². The van der Waals surface area contributed by atoms with Crippen molar-refractivity contribution in [3.05, 3.63) is 59.7 Å². The van der Waals surface area contributed by atoms with Crippen molar-refractivity contribution >= 4 is 11.6 Å². The van der Waals surface area contributed by atoms with E-state index in [9.17, 15) is 0 Å². The Morgan fingerprint density at radius 3 is 2.50 bits per heavy atom. The molecule has 0 bridgehead atoms. The number of halogens is 1. The summed E-state index contributed by atoms with van der Waals surface area (Å²) in [6.45, 7) is 1.25. The first-order valence-electron chi connectivity index (χ1n) is 6.90. The van der Waals surface area contributed by atoms with E-state index in [1.807, 2.05) is 24.3 Å². The molecule has 0 aromatic heterocycles. The van der Waals surface area contributed by atoms with Crippen molar-refractivity contribution in [3.8, 4) is 11.5 Å². The predicted molar refractivity (Wildman–Crippen MR) is 80.8 cm³/mol. The van der Waals surface area contributed by atoms with Gasteiger partial charge >= 0.3 is 0 Å². The Kier molecular flexibility index (Phi) is 4.12. The van der Waals surface area contributed by atoms with Gasteiger partial charge in [0.2, 0.25) is 0 Å². The van der Waals surface area contributed by atoms with Gasteiger partial charge < -0.3 is 9.47 Å². The van der Waals surface area contributed by atoms with Gasteiger partial charge in [-0.1, -0.05) is 36.4 Å². The molecule has 3 heteroatoms. The smallest absolute Gasteiger partial charge is 0.161 e. The van der Waals surface area contributed by atoms with Gasteiger partial charge in [0.25, 0.3) is 0 Å². The van der Waals surface area contributed by atoms with Gasteiger partial charge in [0.15, 0.2) is 11.5 Å². The van der Waals surface area contributed by atoms with E-state index < -0.39 is 0 Å². The first-order valence-corrected chi connectivity index (χ1v) is 7.34. The van der Waals surface area contributed by atoms with Crippen LogP contribution in [0, 0.1) is 0 Å². The van der Waals surface area contributed by atoms with Crippen LogP contribution in [0.2, 0.25) is 0 Å². The molecule has 1 atom stereocenters. The highest BCUT2D eigenvalue weighted by atomic mass is 35.5. The van der Waals surface area contributed by atoms with E-state index in [0.717, 1.165) is 24.3 Å². The van der Waals surface area contributed by atoms with Gasteiger partial charge in [-0.05, 0) is 36.1 Å². The zero-order valence-corrected chi connectivity index (χ0v) is 12.0. The largest absolute Gasteiger partial charge is 0.486 e. The lowest BCUT2D eigenvalue weighted by Crippen LogP contribution is -2.15. The molecule has 2 aromatic rings. The van der Waals surface area contributed by atoms with Crippen molar-refractivity contribution in [3.63, 3.8) is 0 Å². The Morgan fingerprint density at radius 1 is 0.950 bits per heavy atom. The summed E-state index contributed by atoms with van der Waals surface area (Å²) in [4.78, 5) is 0. The van der Waals surface area contributed by atoms with Gasteiger partial charge in [0, 0.05) is 0 Å². The summed E-state index contributed by atoms with van der Waals surface area (Å²) in [5, 5.41) is 0.0457. The van der Waals surface area contributed by atoms with Crippen LogP contribution in [0.3, 0.4) is 0 Å². The minimum atomic E-state index is 0.0457. The number of ether oxygens (including phenoxy) is 2. The minimum Gasteiger partial charge on any atom is -0.486 e. The molecule has 1 aliphatic rings. The molecule has 0 N–H and O–H groups in total. The fourth-order valence-electron chi connectivity index (χ4n) is 2.37. The third-order valence-electron chi connectivity index (χ3n) is 3.45. The number of aryl methyl sites for hydroxylation is 1. The van der Waals surface area contributed by atoms with Crippen molar-refractivity contribution in [2.45, 2.75) is 18.2 Å². The highest BCUT2D eigenvalue weighted by Crippen LogP contribution is 2.32. The van der Waals surface area contributed by atoms with Crippen LogP contribution in [0.15, 0.2) is 48.5 Å². The fourth-order valence-corrected chi connectivity index (χ4v) is 2.62. The molecule has 0 saturated carbocycles. The molecule has 1 aliphatic heterocycles. The summed E-state index contributed by atoms with van der Waals surface area (Å²) >= 11 is 6.44. The highest BCUT2D eigenvalue weighted by molar-refractivity contribution is 6.20. The Morgan fingerprint density at radius 2 is 1.70 bits per heavy atom. The van der Waals surface area contributed by atoms with Crippen molar-refractivity contribution in [2.75, 3.05) is 13.2 Å². The van der Waals surface area contributed by atoms with E-state index in [1.165, 1.54) is 11.1 Å². The standard InChI is InChI=1S/C17H17ClO2/c18-15(14-4-2-1-3-5-14)8-6-13-7-9-16-17(12-13)20-11-10-19-16/h1-5,7,9,12,15H,6,8,10-11H2. The van der Waals surface area contributed by atoms with Gasteiger partial charge in [0.1, 0.15) is 13.2 Å². The molecule has 0 aliphatic carbocycles. The summed E-state index contributed by atoms with van der Waals surface area (Å²) in [7, 11) is 0. The molecule has 2 aromatic carbocycles. The lowest BCUT2D eigenvalue weighted by Gasteiger charge is -2.19. The summed E-state index contributed by atoms with van der Waals surface area (Å²) < 4.78 is 11.1. The number of benzene rings is 2. The summed E-state index contributed by atoms with van der Waals surface area (Å²) in [5.74, 6) is 1.69. The van der Waals surface area contributed by atoms with Crippen LogP contribution in [0.5, 0.6) is 11.5 Å². The maximum absolute atomic E-state index is 6.44. The molecule has 0 radical (unpaired) electrons. The molecular formula is C17H17ClO2. The van der Waals surface area contributed by atoms with E-state index in [4.69, 9.17) is 21.1 Å². The highest BCUT2D eigenvalue weighted by Gasteiger charge is 2.13. The van der Waals surface area contributed by atoms with E-state index in [-0.39, 0.29) is 5.38 Å². The fraction of sp³-hybridized carbons (Fsp3) is 0.294. The number of hydrogen-bond acceptors (Lipinski definition) is 2. The summed E-state index contributed by atoms with van der Waals surface area (Å²) in [6.07, 6.45) is 1.84. The van der Waals surface area contributed by atoms with Crippen LogP contribution >= 0.6 is 11.6 Å². The van der Waals surface area contributed by atoms with Crippen molar-refractivity contribution in [1.29, 1.82) is 0 Å². The van der Waals surface area contributed by atoms with Crippen LogP contribution in [0.1, 0.15) is 22.9 Å². The van der Waals surface area contributed by atoms with Crippen molar-refractivity contribution in [1.82, 2.24) is 0 Å². The molecule has 0 amide bonds. The molecule has 20 heavy (non-hydrogen) atoms. The van der Waals surface area contributed by atoms with Crippen LogP contribution < -0.4 is 9.47 Å². The van der Waals surface area contributed by atoms with E-state index >= 15 is 0 Å². The SMILES string of the molecule is ClC(CCc1ccc2c(c1)OCCO2)c1ccccc1. The first-order chi connectivity index (χ1) is 9.83. The van der Waals surface area contributed by atoms with Crippen LogP contribution in [0.4, 0.5) is 0 Å². The molecule has 1 unspecified atom stereocenters. The van der Waals surface area contributed by atoms with Crippen molar-refractivity contribution < 1.29 is 9.47 Å². The normalized spacial score (nSPS) is 14.8.